The molecule has 10 nitrogen and oxygen atoms in total. The smallest absolute Gasteiger partial charge is 0.288 e. The van der Waals surface area contributed by atoms with Crippen molar-refractivity contribution in [3.05, 3.63) is 67.9 Å². The van der Waals surface area contributed by atoms with Gasteiger partial charge in [-0.2, -0.15) is 20.1 Å². The lowest BCUT2D eigenvalue weighted by molar-refractivity contribution is -0.384. The number of nitro benzene ring substituents is 1. The zero-order chi connectivity index (χ0) is 24.1. The van der Waals surface area contributed by atoms with Crippen molar-refractivity contribution in [2.24, 2.45) is 5.10 Å². The summed E-state index contributed by atoms with van der Waals surface area (Å²) in [6.45, 7) is 1.61. The van der Waals surface area contributed by atoms with E-state index in [-0.39, 0.29) is 39.0 Å². The Labute approximate surface area is 204 Å². The second-order valence-corrected chi connectivity index (χ2v) is 8.17. The summed E-state index contributed by atoms with van der Waals surface area (Å²) < 4.78 is 13.2. The number of halogens is 3. The molecule has 4 rings (SSSR count). The van der Waals surface area contributed by atoms with Crippen LogP contribution < -0.4 is 15.6 Å². The normalized spacial score (nSPS) is 13.8. The van der Waals surface area contributed by atoms with Crippen molar-refractivity contribution in [3.63, 3.8) is 0 Å². The van der Waals surface area contributed by atoms with Gasteiger partial charge in [0.25, 0.3) is 5.69 Å². The van der Waals surface area contributed by atoms with Crippen LogP contribution in [0.2, 0.25) is 10.0 Å². The molecule has 1 aliphatic heterocycles. The number of rotatable bonds is 7. The summed E-state index contributed by atoms with van der Waals surface area (Å²) in [4.78, 5) is 25.8. The quantitative estimate of drug-likeness (QED) is 0.249. The zero-order valence-corrected chi connectivity index (χ0v) is 19.2. The molecule has 176 valence electrons. The Morgan fingerprint density at radius 2 is 1.74 bits per heavy atom. The van der Waals surface area contributed by atoms with E-state index < -0.39 is 4.92 Å². The Balaban J connectivity index is 1.61. The molecule has 0 bridgehead atoms. The van der Waals surface area contributed by atoms with Gasteiger partial charge in [-0.15, -0.1) is 0 Å². The molecule has 13 heteroatoms. The summed E-state index contributed by atoms with van der Waals surface area (Å²) in [7, 11) is 0. The number of anilines is 4. The van der Waals surface area contributed by atoms with Crippen LogP contribution in [0.3, 0.4) is 0 Å². The van der Waals surface area contributed by atoms with Crippen molar-refractivity contribution in [1.29, 1.82) is 0 Å². The van der Waals surface area contributed by atoms with Crippen molar-refractivity contribution in [1.82, 2.24) is 15.0 Å². The van der Waals surface area contributed by atoms with Gasteiger partial charge in [0.2, 0.25) is 17.8 Å². The number of nitro groups is 1. The minimum atomic E-state index is -0.603. The topological polar surface area (TPSA) is 121 Å². The highest BCUT2D eigenvalue weighted by Crippen LogP contribution is 2.32. The molecule has 2 heterocycles. The Kier molecular flexibility index (Phi) is 7.33. The lowest BCUT2D eigenvalue weighted by Crippen LogP contribution is -2.31. The average molecular weight is 505 g/mol. The van der Waals surface area contributed by atoms with Crippen LogP contribution in [0, 0.1) is 15.9 Å². The fraction of sp³-hybridized carbons (Fsp3) is 0.238. The van der Waals surface area contributed by atoms with Crippen LogP contribution in [0.5, 0.6) is 0 Å². The van der Waals surface area contributed by atoms with Crippen LogP contribution >= 0.6 is 23.2 Å². The highest BCUT2D eigenvalue weighted by atomic mass is 35.5. The van der Waals surface area contributed by atoms with Crippen LogP contribution in [0.15, 0.2) is 41.5 Å². The second-order valence-electron chi connectivity index (χ2n) is 7.38. The minimum Gasteiger partial charge on any atom is -0.341 e. The molecule has 1 aromatic heterocycles. The Morgan fingerprint density at radius 1 is 1.03 bits per heavy atom. The first-order chi connectivity index (χ1) is 16.4. The molecule has 0 saturated carbocycles. The van der Waals surface area contributed by atoms with Gasteiger partial charge in [-0.05, 0) is 49.6 Å². The van der Waals surface area contributed by atoms with Gasteiger partial charge in [0, 0.05) is 30.4 Å². The molecule has 1 aliphatic rings. The standard InChI is InChI=1S/C21H19Cl2FN8O2/c22-16-8-9-17(32(33)34)18(23)15(16)12-25-30-20-27-19(26-14-6-4-13(24)5-7-14)28-21(29-20)31-10-2-1-3-11-31/h4-9,12H,1-3,10-11H2,(H2,26,27,28,29,30)/b25-12-. The van der Waals surface area contributed by atoms with E-state index in [9.17, 15) is 14.5 Å². The predicted octanol–water partition coefficient (Wildman–Crippen LogP) is 5.41. The van der Waals surface area contributed by atoms with Gasteiger partial charge in [0.1, 0.15) is 10.8 Å². The second kappa shape index (κ2) is 10.6. The van der Waals surface area contributed by atoms with Gasteiger partial charge in [0.05, 0.1) is 16.2 Å². The molecule has 2 aromatic carbocycles. The van der Waals surface area contributed by atoms with E-state index in [0.717, 1.165) is 32.4 Å². The fourth-order valence-electron chi connectivity index (χ4n) is 3.34. The van der Waals surface area contributed by atoms with Crippen LogP contribution in [-0.4, -0.2) is 39.2 Å². The summed E-state index contributed by atoms with van der Waals surface area (Å²) in [6.07, 6.45) is 4.45. The number of nitrogens with zero attached hydrogens (tertiary/aromatic N) is 6. The van der Waals surface area contributed by atoms with Gasteiger partial charge >= 0.3 is 0 Å². The van der Waals surface area contributed by atoms with E-state index in [2.05, 4.69) is 30.8 Å². The van der Waals surface area contributed by atoms with Crippen LogP contribution in [-0.2, 0) is 0 Å². The third kappa shape index (κ3) is 5.67. The van der Waals surface area contributed by atoms with E-state index in [0.29, 0.717) is 11.6 Å². The number of benzene rings is 2. The minimum absolute atomic E-state index is 0.133. The van der Waals surface area contributed by atoms with E-state index in [1.54, 1.807) is 12.1 Å². The summed E-state index contributed by atoms with van der Waals surface area (Å²) >= 11 is 12.2. The molecular weight excluding hydrogens is 486 g/mol. The van der Waals surface area contributed by atoms with E-state index >= 15 is 0 Å². The predicted molar refractivity (Wildman–Crippen MR) is 130 cm³/mol. The van der Waals surface area contributed by atoms with E-state index in [4.69, 9.17) is 23.2 Å². The molecule has 0 radical (unpaired) electrons. The van der Waals surface area contributed by atoms with Crippen LogP contribution in [0.1, 0.15) is 24.8 Å². The molecule has 34 heavy (non-hydrogen) atoms. The number of piperidine rings is 1. The number of hydrogen-bond donors (Lipinski definition) is 2. The van der Waals surface area contributed by atoms with Crippen molar-refractivity contribution in [2.45, 2.75) is 19.3 Å². The SMILES string of the molecule is O=[N+]([O-])c1ccc(Cl)c(/C=N\Nc2nc(Nc3ccc(F)cc3)nc(N3CCCCC3)n2)c1Cl. The fourth-order valence-corrected chi connectivity index (χ4v) is 3.88. The van der Waals surface area contributed by atoms with Gasteiger partial charge in [-0.1, -0.05) is 23.2 Å². The summed E-state index contributed by atoms with van der Waals surface area (Å²) in [6, 6.07) is 8.37. The van der Waals surface area contributed by atoms with Gasteiger partial charge < -0.3 is 10.2 Å². The maximum atomic E-state index is 13.2. The lowest BCUT2D eigenvalue weighted by atomic mass is 10.1. The Morgan fingerprint density at radius 3 is 2.44 bits per heavy atom. The first kappa shape index (κ1) is 23.6. The molecule has 0 aliphatic carbocycles. The van der Waals surface area contributed by atoms with Crippen molar-refractivity contribution in [3.8, 4) is 0 Å². The highest BCUT2D eigenvalue weighted by Gasteiger charge is 2.18. The van der Waals surface area contributed by atoms with Gasteiger partial charge in [-0.25, -0.2) is 9.82 Å². The number of aromatic nitrogens is 3. The van der Waals surface area contributed by atoms with Crippen molar-refractivity contribution in [2.75, 3.05) is 28.7 Å². The molecular formula is C21H19Cl2FN8O2. The van der Waals surface area contributed by atoms with Crippen molar-refractivity contribution < 1.29 is 9.31 Å². The molecule has 0 atom stereocenters. The summed E-state index contributed by atoms with van der Waals surface area (Å²) in [5, 5.41) is 18.3. The Hall–Kier alpha value is -3.57. The molecule has 2 N–H and O–H groups in total. The third-order valence-corrected chi connectivity index (χ3v) is 5.75. The van der Waals surface area contributed by atoms with Crippen LogP contribution in [0.25, 0.3) is 0 Å². The highest BCUT2D eigenvalue weighted by molar-refractivity contribution is 6.40. The molecule has 1 saturated heterocycles. The largest absolute Gasteiger partial charge is 0.341 e. The molecule has 0 unspecified atom stereocenters. The first-order valence-electron chi connectivity index (χ1n) is 10.4. The summed E-state index contributed by atoms with van der Waals surface area (Å²) in [5.41, 5.74) is 3.20. The van der Waals surface area contributed by atoms with Crippen molar-refractivity contribution >= 4 is 58.6 Å². The van der Waals surface area contributed by atoms with Gasteiger partial charge in [-0.3, -0.25) is 10.1 Å². The maximum absolute atomic E-state index is 13.2. The number of nitrogens with one attached hydrogen (secondary N) is 2. The first-order valence-corrected chi connectivity index (χ1v) is 11.1. The third-order valence-electron chi connectivity index (χ3n) is 5.02. The van der Waals surface area contributed by atoms with Gasteiger partial charge in [0.15, 0.2) is 0 Å². The van der Waals surface area contributed by atoms with E-state index in [1.165, 1.54) is 30.5 Å². The number of hydrazone groups is 1. The monoisotopic (exact) mass is 504 g/mol. The number of hydrogen-bond acceptors (Lipinski definition) is 9. The maximum Gasteiger partial charge on any atom is 0.288 e. The molecule has 3 aromatic rings. The zero-order valence-electron chi connectivity index (χ0n) is 17.7. The molecule has 0 spiro atoms. The lowest BCUT2D eigenvalue weighted by Gasteiger charge is -2.26. The molecule has 1 fully saturated rings. The average Bonchev–Trinajstić information content (AvgIpc) is 2.83. The molecule has 0 amide bonds. The van der Waals surface area contributed by atoms with Crippen LogP contribution in [0.4, 0.5) is 33.6 Å². The Bertz CT molecular complexity index is 1220. The summed E-state index contributed by atoms with van der Waals surface area (Å²) in [5.74, 6) is 0.481. The van der Waals surface area contributed by atoms with E-state index in [1.807, 2.05) is 4.90 Å².